The summed E-state index contributed by atoms with van der Waals surface area (Å²) in [5, 5.41) is 5.86. The van der Waals surface area contributed by atoms with Crippen molar-refractivity contribution in [1.29, 1.82) is 0 Å². The SMILES string of the molecule is c1cncc(CNC2CCCc3sccc32)c1. The van der Waals surface area contributed by atoms with Gasteiger partial charge >= 0.3 is 0 Å². The fourth-order valence-corrected chi connectivity index (χ4v) is 3.43. The van der Waals surface area contributed by atoms with E-state index >= 15 is 0 Å². The first-order valence-corrected chi connectivity index (χ1v) is 7.00. The summed E-state index contributed by atoms with van der Waals surface area (Å²) in [7, 11) is 0. The molecule has 1 unspecified atom stereocenters. The first kappa shape index (κ1) is 10.9. The number of hydrogen-bond acceptors (Lipinski definition) is 3. The van der Waals surface area contributed by atoms with Gasteiger partial charge in [0.1, 0.15) is 0 Å². The van der Waals surface area contributed by atoms with Crippen LogP contribution in [0.4, 0.5) is 0 Å². The first-order valence-electron chi connectivity index (χ1n) is 6.12. The molecule has 1 aliphatic carbocycles. The Labute approximate surface area is 106 Å². The van der Waals surface area contributed by atoms with Crippen molar-refractivity contribution in [2.75, 3.05) is 0 Å². The molecule has 0 spiro atoms. The van der Waals surface area contributed by atoms with Gasteiger partial charge in [0.05, 0.1) is 0 Å². The standard InChI is InChI=1S/C14H16N2S/c1-4-13(12-6-8-17-14(12)5-1)16-10-11-3-2-7-15-9-11/h2-3,6-9,13,16H,1,4-5,10H2. The van der Waals surface area contributed by atoms with Gasteiger partial charge < -0.3 is 5.32 Å². The maximum absolute atomic E-state index is 4.14. The van der Waals surface area contributed by atoms with Crippen molar-refractivity contribution in [3.05, 3.63) is 52.0 Å². The number of nitrogens with zero attached hydrogens (tertiary/aromatic N) is 1. The largest absolute Gasteiger partial charge is 0.306 e. The first-order chi connectivity index (χ1) is 8.43. The number of hydrogen-bond donors (Lipinski definition) is 1. The van der Waals surface area contributed by atoms with Crippen LogP contribution in [0, 0.1) is 0 Å². The molecule has 88 valence electrons. The average Bonchev–Trinajstić information content (AvgIpc) is 2.86. The number of aromatic nitrogens is 1. The molecular formula is C14H16N2S. The van der Waals surface area contributed by atoms with E-state index < -0.39 is 0 Å². The van der Waals surface area contributed by atoms with E-state index in [0.29, 0.717) is 6.04 Å². The van der Waals surface area contributed by atoms with Crippen molar-refractivity contribution in [2.45, 2.75) is 31.8 Å². The Morgan fingerprint density at radius 1 is 1.41 bits per heavy atom. The summed E-state index contributed by atoms with van der Waals surface area (Å²) in [6.45, 7) is 0.911. The van der Waals surface area contributed by atoms with Crippen LogP contribution in [0.3, 0.4) is 0 Å². The predicted molar refractivity (Wildman–Crippen MR) is 71.1 cm³/mol. The van der Waals surface area contributed by atoms with E-state index in [1.807, 2.05) is 29.8 Å². The molecule has 1 atom stereocenters. The molecule has 3 heteroatoms. The Balaban J connectivity index is 1.68. The van der Waals surface area contributed by atoms with E-state index in [1.165, 1.54) is 30.4 Å². The van der Waals surface area contributed by atoms with Crippen LogP contribution in [0.2, 0.25) is 0 Å². The minimum Gasteiger partial charge on any atom is -0.306 e. The Bertz CT molecular complexity index is 478. The highest BCUT2D eigenvalue weighted by Gasteiger charge is 2.20. The Kier molecular flexibility index (Phi) is 3.20. The summed E-state index contributed by atoms with van der Waals surface area (Å²) in [5.74, 6) is 0. The average molecular weight is 244 g/mol. The Morgan fingerprint density at radius 2 is 2.41 bits per heavy atom. The van der Waals surface area contributed by atoms with E-state index in [4.69, 9.17) is 0 Å². The Morgan fingerprint density at radius 3 is 3.29 bits per heavy atom. The third kappa shape index (κ3) is 2.40. The summed E-state index contributed by atoms with van der Waals surface area (Å²) < 4.78 is 0. The van der Waals surface area contributed by atoms with Gasteiger partial charge in [0, 0.05) is 29.9 Å². The fourth-order valence-electron chi connectivity index (χ4n) is 2.44. The summed E-state index contributed by atoms with van der Waals surface area (Å²) in [6, 6.07) is 6.93. The number of nitrogens with one attached hydrogen (secondary N) is 1. The molecule has 0 radical (unpaired) electrons. The zero-order chi connectivity index (χ0) is 11.5. The molecule has 17 heavy (non-hydrogen) atoms. The molecule has 2 nitrogen and oxygen atoms in total. The van der Waals surface area contributed by atoms with Crippen LogP contribution < -0.4 is 5.32 Å². The van der Waals surface area contributed by atoms with E-state index in [1.54, 1.807) is 4.88 Å². The third-order valence-electron chi connectivity index (χ3n) is 3.33. The molecule has 2 aromatic heterocycles. The second-order valence-corrected chi connectivity index (χ2v) is 5.49. The molecule has 0 aliphatic heterocycles. The number of rotatable bonds is 3. The van der Waals surface area contributed by atoms with E-state index in [9.17, 15) is 0 Å². The van der Waals surface area contributed by atoms with E-state index in [-0.39, 0.29) is 0 Å². The van der Waals surface area contributed by atoms with Gasteiger partial charge in [-0.2, -0.15) is 0 Å². The highest BCUT2D eigenvalue weighted by molar-refractivity contribution is 7.10. The van der Waals surface area contributed by atoms with Gasteiger partial charge in [-0.25, -0.2) is 0 Å². The van der Waals surface area contributed by atoms with Crippen molar-refractivity contribution >= 4 is 11.3 Å². The predicted octanol–water partition coefficient (Wildman–Crippen LogP) is 3.31. The third-order valence-corrected chi connectivity index (χ3v) is 4.32. The van der Waals surface area contributed by atoms with E-state index in [0.717, 1.165) is 6.54 Å². The lowest BCUT2D eigenvalue weighted by atomic mass is 9.94. The summed E-state index contributed by atoms with van der Waals surface area (Å²) in [5.41, 5.74) is 2.78. The smallest absolute Gasteiger partial charge is 0.0334 e. The van der Waals surface area contributed by atoms with E-state index in [2.05, 4.69) is 27.8 Å². The molecule has 1 N–H and O–H groups in total. The lowest BCUT2D eigenvalue weighted by Crippen LogP contribution is -2.23. The zero-order valence-electron chi connectivity index (χ0n) is 9.73. The zero-order valence-corrected chi connectivity index (χ0v) is 10.5. The lowest BCUT2D eigenvalue weighted by molar-refractivity contribution is 0.463. The summed E-state index contributed by atoms with van der Waals surface area (Å²) in [6.07, 6.45) is 7.58. The van der Waals surface area contributed by atoms with Gasteiger partial charge in [-0.05, 0) is 47.9 Å². The summed E-state index contributed by atoms with van der Waals surface area (Å²) >= 11 is 1.90. The van der Waals surface area contributed by atoms with Crippen molar-refractivity contribution in [3.8, 4) is 0 Å². The van der Waals surface area contributed by atoms with Crippen LogP contribution in [0.25, 0.3) is 0 Å². The molecule has 3 rings (SSSR count). The molecule has 0 saturated heterocycles. The molecule has 2 heterocycles. The molecule has 0 aromatic carbocycles. The minimum atomic E-state index is 0.533. The molecule has 0 bridgehead atoms. The molecule has 1 aliphatic rings. The second-order valence-electron chi connectivity index (χ2n) is 4.49. The highest BCUT2D eigenvalue weighted by Crippen LogP contribution is 2.33. The molecule has 0 amide bonds. The fraction of sp³-hybridized carbons (Fsp3) is 0.357. The number of thiophene rings is 1. The van der Waals surface area contributed by atoms with Gasteiger partial charge in [-0.1, -0.05) is 6.07 Å². The van der Waals surface area contributed by atoms with Gasteiger partial charge in [-0.15, -0.1) is 11.3 Å². The normalized spacial score (nSPS) is 18.9. The molecule has 0 saturated carbocycles. The number of aryl methyl sites for hydroxylation is 1. The van der Waals surface area contributed by atoms with Gasteiger partial charge in [0.25, 0.3) is 0 Å². The van der Waals surface area contributed by atoms with Gasteiger partial charge in [0.15, 0.2) is 0 Å². The second kappa shape index (κ2) is 4.98. The van der Waals surface area contributed by atoms with Crippen LogP contribution in [0.15, 0.2) is 36.0 Å². The topological polar surface area (TPSA) is 24.9 Å². The lowest BCUT2D eigenvalue weighted by Gasteiger charge is -2.23. The van der Waals surface area contributed by atoms with Crippen molar-refractivity contribution < 1.29 is 0 Å². The van der Waals surface area contributed by atoms with Crippen LogP contribution in [-0.2, 0) is 13.0 Å². The van der Waals surface area contributed by atoms with Gasteiger partial charge in [-0.3, -0.25) is 4.98 Å². The van der Waals surface area contributed by atoms with Crippen molar-refractivity contribution in [1.82, 2.24) is 10.3 Å². The maximum Gasteiger partial charge on any atom is 0.0334 e. The quantitative estimate of drug-likeness (QED) is 0.896. The Hall–Kier alpha value is -1.19. The minimum absolute atomic E-state index is 0.533. The van der Waals surface area contributed by atoms with Crippen molar-refractivity contribution in [3.63, 3.8) is 0 Å². The van der Waals surface area contributed by atoms with Crippen LogP contribution in [0.5, 0.6) is 0 Å². The van der Waals surface area contributed by atoms with Crippen LogP contribution in [-0.4, -0.2) is 4.98 Å². The van der Waals surface area contributed by atoms with Crippen molar-refractivity contribution in [2.24, 2.45) is 0 Å². The van der Waals surface area contributed by atoms with Crippen LogP contribution >= 0.6 is 11.3 Å². The maximum atomic E-state index is 4.14. The number of fused-ring (bicyclic) bond motifs is 1. The van der Waals surface area contributed by atoms with Crippen LogP contribution in [0.1, 0.15) is 34.9 Å². The monoisotopic (exact) mass is 244 g/mol. The molecule has 0 fully saturated rings. The summed E-state index contributed by atoms with van der Waals surface area (Å²) in [4.78, 5) is 5.71. The molecular weight excluding hydrogens is 228 g/mol. The molecule has 2 aromatic rings. The number of pyridine rings is 1. The highest BCUT2D eigenvalue weighted by atomic mass is 32.1. The van der Waals surface area contributed by atoms with Gasteiger partial charge in [0.2, 0.25) is 0 Å².